The highest BCUT2D eigenvalue weighted by Crippen LogP contribution is 2.27. The maximum atomic E-state index is 13.5. The van der Waals surface area contributed by atoms with E-state index in [2.05, 4.69) is 10.0 Å². The van der Waals surface area contributed by atoms with E-state index in [-0.39, 0.29) is 10.8 Å². The van der Waals surface area contributed by atoms with Crippen LogP contribution in [0.25, 0.3) is 0 Å². The Morgan fingerprint density at radius 3 is 2.55 bits per heavy atom. The molecular weight excluding hydrogens is 310 g/mol. The molecule has 0 amide bonds. The zero-order chi connectivity index (χ0) is 15.2. The van der Waals surface area contributed by atoms with Gasteiger partial charge in [-0.15, -0.1) is 0 Å². The number of rotatable bonds is 8. The standard InChI is InChI=1S/C12H17ClF2N2O2S/c1-2-16-5-3-4-6-20(18,19)17-12-10(13)7-9(14)8-11(12)15/h7-8,16-17H,2-6H2,1H3. The van der Waals surface area contributed by atoms with Crippen molar-refractivity contribution in [3.05, 3.63) is 28.8 Å². The second-order valence-corrected chi connectivity index (χ2v) is 6.48. The van der Waals surface area contributed by atoms with E-state index >= 15 is 0 Å². The van der Waals surface area contributed by atoms with Crippen molar-refractivity contribution in [2.75, 3.05) is 23.6 Å². The number of unbranched alkanes of at least 4 members (excludes halogenated alkanes) is 1. The summed E-state index contributed by atoms with van der Waals surface area (Å²) in [4.78, 5) is 0. The van der Waals surface area contributed by atoms with Crippen molar-refractivity contribution >= 4 is 27.3 Å². The minimum absolute atomic E-state index is 0.147. The summed E-state index contributed by atoms with van der Waals surface area (Å²) in [6, 6.07) is 1.43. The molecule has 20 heavy (non-hydrogen) atoms. The summed E-state index contributed by atoms with van der Waals surface area (Å²) in [6.07, 6.45) is 1.12. The summed E-state index contributed by atoms with van der Waals surface area (Å²) < 4.78 is 51.9. The fraction of sp³-hybridized carbons (Fsp3) is 0.500. The van der Waals surface area contributed by atoms with Crippen molar-refractivity contribution < 1.29 is 17.2 Å². The summed E-state index contributed by atoms with van der Waals surface area (Å²) in [5, 5.41) is 2.76. The molecule has 0 aromatic heterocycles. The van der Waals surface area contributed by atoms with Crippen molar-refractivity contribution in [2.24, 2.45) is 0 Å². The van der Waals surface area contributed by atoms with E-state index < -0.39 is 27.3 Å². The molecule has 0 aliphatic rings. The van der Waals surface area contributed by atoms with Gasteiger partial charge in [-0.2, -0.15) is 0 Å². The summed E-state index contributed by atoms with van der Waals surface area (Å²) in [6.45, 7) is 3.50. The molecule has 8 heteroatoms. The molecule has 0 saturated heterocycles. The number of anilines is 1. The molecule has 0 unspecified atom stereocenters. The third-order valence-electron chi connectivity index (χ3n) is 2.53. The molecule has 0 spiro atoms. The van der Waals surface area contributed by atoms with E-state index in [1.165, 1.54) is 0 Å². The van der Waals surface area contributed by atoms with Crippen LogP contribution in [0, 0.1) is 11.6 Å². The Labute approximate surface area is 122 Å². The van der Waals surface area contributed by atoms with E-state index in [0.29, 0.717) is 18.9 Å². The number of halogens is 3. The Morgan fingerprint density at radius 1 is 1.25 bits per heavy atom. The van der Waals surface area contributed by atoms with Crippen molar-refractivity contribution in [2.45, 2.75) is 19.8 Å². The molecule has 114 valence electrons. The Kier molecular flexibility index (Phi) is 6.64. The molecule has 1 aromatic rings. The van der Waals surface area contributed by atoms with Crippen LogP contribution in [-0.2, 0) is 10.0 Å². The maximum absolute atomic E-state index is 13.5. The van der Waals surface area contributed by atoms with Crippen molar-refractivity contribution in [3.8, 4) is 0 Å². The molecule has 0 radical (unpaired) electrons. The van der Waals surface area contributed by atoms with Crippen LogP contribution >= 0.6 is 11.6 Å². The Bertz CT molecular complexity index is 529. The third kappa shape index (κ3) is 5.60. The first-order valence-electron chi connectivity index (χ1n) is 6.21. The summed E-state index contributed by atoms with van der Waals surface area (Å²) in [5.74, 6) is -2.04. The van der Waals surface area contributed by atoms with Gasteiger partial charge >= 0.3 is 0 Å². The van der Waals surface area contributed by atoms with Crippen LogP contribution in [0.2, 0.25) is 5.02 Å². The molecule has 0 saturated carbocycles. The van der Waals surface area contributed by atoms with Crippen molar-refractivity contribution in [1.82, 2.24) is 5.32 Å². The second-order valence-electron chi connectivity index (χ2n) is 4.23. The average Bonchev–Trinajstić information content (AvgIpc) is 2.33. The highest BCUT2D eigenvalue weighted by Gasteiger charge is 2.16. The van der Waals surface area contributed by atoms with Crippen molar-refractivity contribution in [3.63, 3.8) is 0 Å². The fourth-order valence-corrected chi connectivity index (χ4v) is 3.07. The van der Waals surface area contributed by atoms with Crippen LogP contribution in [0.5, 0.6) is 0 Å². The van der Waals surface area contributed by atoms with Gasteiger partial charge in [0, 0.05) is 6.07 Å². The highest BCUT2D eigenvalue weighted by atomic mass is 35.5. The Balaban J connectivity index is 2.63. The SMILES string of the molecule is CCNCCCCS(=O)(=O)Nc1c(F)cc(F)cc1Cl. The quantitative estimate of drug-likeness (QED) is 0.722. The van der Waals surface area contributed by atoms with Gasteiger partial charge in [-0.1, -0.05) is 18.5 Å². The summed E-state index contributed by atoms with van der Waals surface area (Å²) in [5.41, 5.74) is -0.417. The summed E-state index contributed by atoms with van der Waals surface area (Å²) in [7, 11) is -3.70. The maximum Gasteiger partial charge on any atom is 0.232 e. The molecule has 0 fully saturated rings. The highest BCUT2D eigenvalue weighted by molar-refractivity contribution is 7.92. The number of sulfonamides is 1. The Morgan fingerprint density at radius 2 is 1.95 bits per heavy atom. The molecular formula is C12H17ClF2N2O2S. The molecule has 0 aliphatic heterocycles. The molecule has 0 aliphatic carbocycles. The fourth-order valence-electron chi connectivity index (χ4n) is 1.57. The predicted molar refractivity (Wildman–Crippen MR) is 76.6 cm³/mol. The van der Waals surface area contributed by atoms with E-state index in [9.17, 15) is 17.2 Å². The van der Waals surface area contributed by atoms with Crippen LogP contribution in [0.15, 0.2) is 12.1 Å². The molecule has 2 N–H and O–H groups in total. The lowest BCUT2D eigenvalue weighted by Gasteiger charge is -2.10. The number of nitrogens with one attached hydrogen (secondary N) is 2. The lowest BCUT2D eigenvalue weighted by Crippen LogP contribution is -2.20. The van der Waals surface area contributed by atoms with Gasteiger partial charge in [-0.25, -0.2) is 17.2 Å². The lowest BCUT2D eigenvalue weighted by atomic mass is 10.3. The zero-order valence-corrected chi connectivity index (χ0v) is 12.6. The van der Waals surface area contributed by atoms with Crippen LogP contribution < -0.4 is 10.0 Å². The van der Waals surface area contributed by atoms with Crippen molar-refractivity contribution in [1.29, 1.82) is 0 Å². The predicted octanol–water partition coefficient (Wildman–Crippen LogP) is 2.75. The molecule has 4 nitrogen and oxygen atoms in total. The number of hydrogen-bond acceptors (Lipinski definition) is 3. The number of benzene rings is 1. The molecule has 1 aromatic carbocycles. The first-order valence-corrected chi connectivity index (χ1v) is 8.24. The van der Waals surface area contributed by atoms with Crippen LogP contribution in [0.1, 0.15) is 19.8 Å². The minimum atomic E-state index is -3.70. The van der Waals surface area contributed by atoms with Gasteiger partial charge in [0.05, 0.1) is 10.8 Å². The lowest BCUT2D eigenvalue weighted by molar-refractivity contribution is 0.581. The summed E-state index contributed by atoms with van der Waals surface area (Å²) >= 11 is 5.63. The largest absolute Gasteiger partial charge is 0.317 e. The van der Waals surface area contributed by atoms with Gasteiger partial charge in [0.25, 0.3) is 0 Å². The van der Waals surface area contributed by atoms with Gasteiger partial charge in [0.1, 0.15) is 11.5 Å². The van der Waals surface area contributed by atoms with Crippen LogP contribution in [0.4, 0.5) is 14.5 Å². The Hall–Kier alpha value is -0.920. The van der Waals surface area contributed by atoms with E-state index in [4.69, 9.17) is 11.6 Å². The van der Waals surface area contributed by atoms with Gasteiger partial charge < -0.3 is 5.32 Å². The first-order chi connectivity index (χ1) is 9.35. The van der Waals surface area contributed by atoms with Crippen LogP contribution in [-0.4, -0.2) is 27.3 Å². The molecule has 0 atom stereocenters. The second kappa shape index (κ2) is 7.75. The van der Waals surface area contributed by atoms with Crippen LogP contribution in [0.3, 0.4) is 0 Å². The normalized spacial score (nSPS) is 11.6. The molecule has 0 bridgehead atoms. The third-order valence-corrected chi connectivity index (χ3v) is 4.17. The van der Waals surface area contributed by atoms with E-state index in [1.807, 2.05) is 6.92 Å². The minimum Gasteiger partial charge on any atom is -0.317 e. The smallest absolute Gasteiger partial charge is 0.232 e. The average molecular weight is 327 g/mol. The number of hydrogen-bond donors (Lipinski definition) is 2. The molecule has 1 rings (SSSR count). The van der Waals surface area contributed by atoms with E-state index in [0.717, 1.165) is 19.2 Å². The van der Waals surface area contributed by atoms with Gasteiger partial charge in [-0.3, -0.25) is 4.72 Å². The van der Waals surface area contributed by atoms with E-state index in [1.54, 1.807) is 0 Å². The van der Waals surface area contributed by atoms with Gasteiger partial charge in [0.2, 0.25) is 10.0 Å². The topological polar surface area (TPSA) is 58.2 Å². The van der Waals surface area contributed by atoms with Gasteiger partial charge in [-0.05, 0) is 32.0 Å². The van der Waals surface area contributed by atoms with Gasteiger partial charge in [0.15, 0.2) is 5.82 Å². The first kappa shape index (κ1) is 17.1. The monoisotopic (exact) mass is 326 g/mol. The zero-order valence-electron chi connectivity index (χ0n) is 11.0. The molecule has 0 heterocycles.